The molecule has 702 valence electrons. The second-order valence-electron chi connectivity index (χ2n) is 38.4. The predicted molar refractivity (Wildman–Crippen MR) is 628 cm³/mol. The summed E-state index contributed by atoms with van der Waals surface area (Å²) in [4.78, 5) is 16.1. The van der Waals surface area contributed by atoms with Crippen molar-refractivity contribution in [1.82, 2.24) is 42.4 Å². The molecule has 0 amide bonds. The van der Waals surface area contributed by atoms with Crippen LogP contribution in [0.5, 0.6) is 0 Å². The minimum Gasteiger partial charge on any atom is -0.309 e. The van der Waals surface area contributed by atoms with Crippen LogP contribution in [0.15, 0.2) is 564 Å². The van der Waals surface area contributed by atoms with Crippen molar-refractivity contribution >= 4 is 131 Å². The lowest BCUT2D eigenvalue weighted by atomic mass is 9.98. The van der Waals surface area contributed by atoms with Crippen LogP contribution >= 0.6 is 0 Å². The van der Waals surface area contributed by atoms with Crippen LogP contribution < -0.4 is 0 Å². The molecule has 9 nitrogen and oxygen atoms in total. The van der Waals surface area contributed by atoms with Crippen LogP contribution in [0.2, 0.25) is 0 Å². The molecule has 9 heteroatoms. The molecule has 30 aromatic rings. The Hall–Kier alpha value is -20.1. The van der Waals surface area contributed by atoms with E-state index in [2.05, 4.69) is 592 Å². The molecule has 0 N–H and O–H groups in total. The standard InChI is InChI=1S/3C47H31N3/c1-4-15-32(16-5-1)35-29-41(33-17-6-2-7-18-33)48-46(31-35)50-42-24-12-10-21-38(42)39-28-27-34(30-45(39)50)37-23-14-26-44-47(37)40-22-11-13-25-43(40)49(44)36-19-8-3-9-20-36;1-4-15-32(16-5-1)35-29-41(33-17-6-2-7-18-33)48-46(31-35)50-43-25-13-11-22-40(43)47-37(23-14-26-44(47)50)34-27-28-39-38-21-10-12-24-42(38)49(45(39)30-34)36-19-8-3-9-20-36;1-4-14-32(15-5-1)36-28-42(33-16-6-2-7-17-33)48-47(31-36)50-44-23-13-11-21-39(44)41-27-25-35(30-46(41)50)34-24-26-40-38-20-10-12-22-43(38)49(45(40)29-34)37-18-8-3-9-19-37/h3*1-31H. The maximum absolute atomic E-state index is 5.36. The summed E-state index contributed by atoms with van der Waals surface area (Å²) < 4.78 is 14.2. The fraction of sp³-hybridized carbons (Fsp3) is 0. The van der Waals surface area contributed by atoms with Crippen molar-refractivity contribution in [3.8, 4) is 135 Å². The lowest BCUT2D eigenvalue weighted by Gasteiger charge is -2.13. The maximum Gasteiger partial charge on any atom is 0.138 e. The quantitative estimate of drug-likeness (QED) is 0.103. The van der Waals surface area contributed by atoms with Gasteiger partial charge in [-0.05, 0) is 212 Å². The molecule has 0 atom stereocenters. The van der Waals surface area contributed by atoms with Crippen LogP contribution in [0.3, 0.4) is 0 Å². The van der Waals surface area contributed by atoms with E-state index in [1.807, 2.05) is 0 Å². The SMILES string of the molecule is c1ccc(-c2cc(-c3ccccc3)nc(-n3c4ccccc4c4c(-c5ccc6c7ccccc7n(-c7ccccc7)c6c5)cccc43)c2)cc1.c1ccc(-c2cc(-c3ccccc3)nc(-n3c4ccccc4c4ccc(-c5ccc6c7ccccc7n(-c7ccccc7)c6c5)cc43)c2)cc1.c1ccc(-c2cc(-c3ccccc3)nc(-n3c4ccccc4c4ccc(-c5cccc6c5c5ccccc5n6-c5ccccc5)cc43)c2)cc1. The Kier molecular flexibility index (Phi) is 21.8. The molecule has 0 unspecified atom stereocenters. The molecule has 0 saturated carbocycles. The van der Waals surface area contributed by atoms with Crippen molar-refractivity contribution < 1.29 is 0 Å². The molecule has 0 saturated heterocycles. The third kappa shape index (κ3) is 15.4. The van der Waals surface area contributed by atoms with Gasteiger partial charge >= 0.3 is 0 Å². The second-order valence-corrected chi connectivity index (χ2v) is 38.4. The predicted octanol–water partition coefficient (Wildman–Crippen LogP) is 36.8. The van der Waals surface area contributed by atoms with Crippen LogP contribution in [-0.4, -0.2) is 42.4 Å². The van der Waals surface area contributed by atoms with Gasteiger partial charge in [-0.15, -0.1) is 0 Å². The van der Waals surface area contributed by atoms with Gasteiger partial charge in [0.1, 0.15) is 17.5 Å². The summed E-state index contributed by atoms with van der Waals surface area (Å²) in [5, 5.41) is 14.8. The van der Waals surface area contributed by atoms with Gasteiger partial charge in [0.25, 0.3) is 0 Å². The molecule has 9 aromatic heterocycles. The smallest absolute Gasteiger partial charge is 0.138 e. The van der Waals surface area contributed by atoms with Gasteiger partial charge in [-0.2, -0.15) is 0 Å². The zero-order chi connectivity index (χ0) is 99.1. The van der Waals surface area contributed by atoms with Gasteiger partial charge in [-0.1, -0.05) is 419 Å². The van der Waals surface area contributed by atoms with E-state index in [9.17, 15) is 0 Å². The Labute approximate surface area is 866 Å². The topological polar surface area (TPSA) is 68.2 Å². The number of rotatable bonds is 15. The van der Waals surface area contributed by atoms with E-state index >= 15 is 0 Å². The summed E-state index contributed by atoms with van der Waals surface area (Å²) in [6.45, 7) is 0. The summed E-state index contributed by atoms with van der Waals surface area (Å²) in [6, 6.07) is 202. The summed E-state index contributed by atoms with van der Waals surface area (Å²) in [6.07, 6.45) is 0. The van der Waals surface area contributed by atoms with Crippen molar-refractivity contribution in [3.63, 3.8) is 0 Å². The Morgan fingerprint density at radius 2 is 0.320 bits per heavy atom. The fourth-order valence-electron chi connectivity index (χ4n) is 23.0. The molecular formula is C141H93N9. The molecule has 0 fully saturated rings. The number of nitrogens with zero attached hydrogens (tertiary/aromatic N) is 9. The monoisotopic (exact) mass is 1910 g/mol. The average molecular weight is 1910 g/mol. The van der Waals surface area contributed by atoms with Crippen LogP contribution in [0.25, 0.3) is 266 Å². The van der Waals surface area contributed by atoms with Gasteiger partial charge in [0, 0.05) is 98.4 Å². The number of pyridine rings is 3. The number of hydrogen-bond donors (Lipinski definition) is 0. The van der Waals surface area contributed by atoms with Crippen LogP contribution in [-0.2, 0) is 0 Å². The van der Waals surface area contributed by atoms with Gasteiger partial charge in [-0.25, -0.2) is 15.0 Å². The maximum atomic E-state index is 5.36. The van der Waals surface area contributed by atoms with Gasteiger partial charge in [0.2, 0.25) is 0 Å². The van der Waals surface area contributed by atoms with E-state index in [1.165, 1.54) is 126 Å². The Balaban J connectivity index is 0.000000108. The molecule has 150 heavy (non-hydrogen) atoms. The molecule has 21 aromatic carbocycles. The summed E-state index contributed by atoms with van der Waals surface area (Å²) in [7, 11) is 0. The van der Waals surface area contributed by atoms with E-state index < -0.39 is 0 Å². The van der Waals surface area contributed by atoms with Gasteiger partial charge in [0.15, 0.2) is 0 Å². The van der Waals surface area contributed by atoms with Crippen molar-refractivity contribution in [2.24, 2.45) is 0 Å². The van der Waals surface area contributed by atoms with Crippen LogP contribution in [0, 0.1) is 0 Å². The lowest BCUT2D eigenvalue weighted by molar-refractivity contribution is 1.08. The van der Waals surface area contributed by atoms with Gasteiger partial charge in [0.05, 0.1) is 83.3 Å². The normalized spacial score (nSPS) is 11.6. The van der Waals surface area contributed by atoms with Crippen molar-refractivity contribution in [3.05, 3.63) is 564 Å². The highest BCUT2D eigenvalue weighted by atomic mass is 15.1. The van der Waals surface area contributed by atoms with Crippen LogP contribution in [0.4, 0.5) is 0 Å². The number of benzene rings is 21. The van der Waals surface area contributed by atoms with E-state index in [1.54, 1.807) is 0 Å². The summed E-state index contributed by atoms with van der Waals surface area (Å²) >= 11 is 0. The Bertz CT molecular complexity index is 10100. The van der Waals surface area contributed by atoms with Gasteiger partial charge < -0.3 is 13.7 Å². The Morgan fingerprint density at radius 3 is 0.633 bits per heavy atom. The van der Waals surface area contributed by atoms with Crippen molar-refractivity contribution in [2.45, 2.75) is 0 Å². The number of para-hydroxylation sites is 9. The lowest BCUT2D eigenvalue weighted by Crippen LogP contribution is -2.00. The molecule has 0 aliphatic heterocycles. The van der Waals surface area contributed by atoms with E-state index in [0.29, 0.717) is 0 Å². The van der Waals surface area contributed by atoms with E-state index in [0.717, 1.165) is 140 Å². The Morgan fingerprint density at radius 1 is 0.113 bits per heavy atom. The number of fused-ring (bicyclic) bond motifs is 18. The first kappa shape index (κ1) is 87.6. The minimum atomic E-state index is 0.896. The highest BCUT2D eigenvalue weighted by Gasteiger charge is 2.26. The number of aromatic nitrogens is 9. The molecule has 30 rings (SSSR count). The highest BCUT2D eigenvalue weighted by Crippen LogP contribution is 2.48. The third-order valence-electron chi connectivity index (χ3n) is 29.7. The molecule has 0 spiro atoms. The summed E-state index contributed by atoms with van der Waals surface area (Å²) in [5.41, 5.74) is 37.6. The fourth-order valence-corrected chi connectivity index (χ4v) is 23.0. The molecule has 0 bridgehead atoms. The largest absolute Gasteiger partial charge is 0.309 e. The second kappa shape index (κ2) is 37.2. The molecule has 0 aliphatic carbocycles. The van der Waals surface area contributed by atoms with Gasteiger partial charge in [-0.3, -0.25) is 13.7 Å². The van der Waals surface area contributed by atoms with Crippen molar-refractivity contribution in [2.75, 3.05) is 0 Å². The summed E-state index contributed by atoms with van der Waals surface area (Å²) in [5.74, 6) is 2.69. The van der Waals surface area contributed by atoms with Crippen molar-refractivity contribution in [1.29, 1.82) is 0 Å². The average Bonchev–Trinajstić information content (AvgIpc) is 1.58. The van der Waals surface area contributed by atoms with E-state index in [4.69, 9.17) is 15.0 Å². The molecule has 9 heterocycles. The minimum absolute atomic E-state index is 0.896. The zero-order valence-corrected chi connectivity index (χ0v) is 81.7. The zero-order valence-electron chi connectivity index (χ0n) is 81.7. The molecule has 0 aliphatic rings. The third-order valence-corrected chi connectivity index (χ3v) is 29.7. The molecular weight excluding hydrogens is 1820 g/mol. The first-order valence-corrected chi connectivity index (χ1v) is 51.2. The van der Waals surface area contributed by atoms with E-state index in [-0.39, 0.29) is 0 Å². The highest BCUT2D eigenvalue weighted by molar-refractivity contribution is 6.20. The number of hydrogen-bond acceptors (Lipinski definition) is 3. The van der Waals surface area contributed by atoms with Crippen LogP contribution in [0.1, 0.15) is 0 Å². The first-order chi connectivity index (χ1) is 74.4. The molecule has 0 radical (unpaired) electrons. The first-order valence-electron chi connectivity index (χ1n) is 51.2.